The van der Waals surface area contributed by atoms with E-state index in [4.69, 9.17) is 16.7 Å². The summed E-state index contributed by atoms with van der Waals surface area (Å²) in [7, 11) is 8.75. The zero-order chi connectivity index (χ0) is 54.5. The van der Waals surface area contributed by atoms with Crippen LogP contribution in [0.25, 0.3) is 0 Å². The minimum Gasteiger partial charge on any atom is -0.481 e. The van der Waals surface area contributed by atoms with Crippen LogP contribution in [0.3, 0.4) is 0 Å². The molecule has 2 atom stereocenters. The smallest absolute Gasteiger partial charge is 0.303 e. The average molecular weight is 1070 g/mol. The molecule has 0 bridgehead atoms. The molecule has 0 rings (SSSR count). The number of rotatable bonds is 58. The van der Waals surface area contributed by atoms with Crippen molar-refractivity contribution in [3.8, 4) is 0 Å². The van der Waals surface area contributed by atoms with E-state index in [1.807, 2.05) is 0 Å². The summed E-state index contributed by atoms with van der Waals surface area (Å²) in [6, 6.07) is 0. The Morgan fingerprint density at radius 1 is 0.360 bits per heavy atom. The van der Waals surface area contributed by atoms with E-state index in [9.17, 15) is 9.59 Å². The van der Waals surface area contributed by atoms with Crippen LogP contribution >= 0.6 is 11.6 Å². The van der Waals surface area contributed by atoms with E-state index in [1.165, 1.54) is 270 Å². The molecule has 1 N–H and O–H groups in total. The van der Waals surface area contributed by atoms with E-state index < -0.39 is 5.97 Å². The van der Waals surface area contributed by atoms with Crippen LogP contribution in [0.15, 0.2) is 48.6 Å². The second-order valence-electron chi connectivity index (χ2n) is 23.1. The molecule has 2 unspecified atom stereocenters. The third-order valence-electron chi connectivity index (χ3n) is 15.1. The lowest BCUT2D eigenvalue weighted by molar-refractivity contribution is -0.137. The summed E-state index contributed by atoms with van der Waals surface area (Å²) in [5.74, 6) is 1.18. The molecule has 444 valence electrons. The summed E-state index contributed by atoms with van der Waals surface area (Å²) in [5, 5.41) is 8.55. The zero-order valence-corrected chi connectivity index (χ0v) is 51.4. The number of aliphatic carboxylic acids is 1. The SMILES string of the molecule is C.CCCCC/C=C\C/C=C\CCCCCCCCCC(CCCCCCCCC(=O)Cl)CCCN(C)C.CCCCC/C=C\C/C=C\CCCCCCCCCC(CCCCCCCCC(=O)O)CCCN(C)C. The van der Waals surface area contributed by atoms with Crippen LogP contribution in [0.2, 0.25) is 0 Å². The molecular weight excluding hydrogens is 940 g/mol. The maximum absolute atomic E-state index is 10.8. The summed E-state index contributed by atoms with van der Waals surface area (Å²) >= 11 is 5.42. The van der Waals surface area contributed by atoms with E-state index in [0.29, 0.717) is 12.8 Å². The molecule has 0 aromatic carbocycles. The second-order valence-corrected chi connectivity index (χ2v) is 23.6. The highest BCUT2D eigenvalue weighted by atomic mass is 35.5. The average Bonchev–Trinajstić information content (AvgIpc) is 3.36. The number of carboxylic acid groups (broad SMARTS) is 1. The molecule has 0 fully saturated rings. The Kier molecular flexibility index (Phi) is 68.8. The van der Waals surface area contributed by atoms with E-state index in [1.54, 1.807) is 0 Å². The summed E-state index contributed by atoms with van der Waals surface area (Å²) in [5.41, 5.74) is 0. The number of allylic oxidation sites excluding steroid dienone is 8. The molecule has 0 radical (unpaired) electrons. The first-order valence-corrected chi connectivity index (χ1v) is 32.8. The highest BCUT2D eigenvalue weighted by Gasteiger charge is 2.11. The maximum Gasteiger partial charge on any atom is 0.303 e. The minimum absolute atomic E-state index is 0. The molecular formula is C69H133ClN2O3. The van der Waals surface area contributed by atoms with Crippen molar-refractivity contribution in [1.82, 2.24) is 9.80 Å². The third kappa shape index (κ3) is 72.3. The lowest BCUT2D eigenvalue weighted by Crippen LogP contribution is -2.14. The molecule has 75 heavy (non-hydrogen) atoms. The number of hydrogen-bond donors (Lipinski definition) is 1. The Balaban J connectivity index is -0.00000136. The van der Waals surface area contributed by atoms with Crippen LogP contribution in [-0.2, 0) is 9.59 Å². The van der Waals surface area contributed by atoms with E-state index >= 15 is 0 Å². The highest BCUT2D eigenvalue weighted by Crippen LogP contribution is 2.25. The van der Waals surface area contributed by atoms with Gasteiger partial charge in [-0.1, -0.05) is 263 Å². The predicted molar refractivity (Wildman–Crippen MR) is 339 cm³/mol. The van der Waals surface area contributed by atoms with Crippen molar-refractivity contribution in [2.45, 2.75) is 329 Å². The summed E-state index contributed by atoms with van der Waals surface area (Å²) in [6.07, 6.45) is 80.2. The topological polar surface area (TPSA) is 60.9 Å². The van der Waals surface area contributed by atoms with Crippen LogP contribution < -0.4 is 0 Å². The molecule has 0 aromatic heterocycles. The first-order chi connectivity index (χ1) is 36.1. The van der Waals surface area contributed by atoms with Gasteiger partial charge in [0.15, 0.2) is 0 Å². The molecule has 0 aliphatic carbocycles. The van der Waals surface area contributed by atoms with Crippen molar-refractivity contribution in [2.75, 3.05) is 41.3 Å². The molecule has 0 heterocycles. The second kappa shape index (κ2) is 66.6. The van der Waals surface area contributed by atoms with Crippen LogP contribution in [0, 0.1) is 11.8 Å². The highest BCUT2D eigenvalue weighted by molar-refractivity contribution is 6.63. The van der Waals surface area contributed by atoms with Gasteiger partial charge >= 0.3 is 5.97 Å². The van der Waals surface area contributed by atoms with Crippen molar-refractivity contribution in [3.63, 3.8) is 0 Å². The molecule has 5 nitrogen and oxygen atoms in total. The number of carboxylic acids is 1. The fourth-order valence-electron chi connectivity index (χ4n) is 10.3. The molecule has 0 aromatic rings. The van der Waals surface area contributed by atoms with Crippen molar-refractivity contribution < 1.29 is 14.7 Å². The van der Waals surface area contributed by atoms with Crippen LogP contribution in [0.4, 0.5) is 0 Å². The number of nitrogens with zero attached hydrogens (tertiary/aromatic N) is 2. The zero-order valence-electron chi connectivity index (χ0n) is 50.7. The van der Waals surface area contributed by atoms with Gasteiger partial charge in [-0.2, -0.15) is 0 Å². The number of carbonyl (C=O) groups is 2. The van der Waals surface area contributed by atoms with Crippen molar-refractivity contribution in [3.05, 3.63) is 48.6 Å². The van der Waals surface area contributed by atoms with E-state index in [2.05, 4.69) is 100 Å². The number of carbonyl (C=O) groups excluding carboxylic acids is 1. The van der Waals surface area contributed by atoms with Gasteiger partial charge in [-0.15, -0.1) is 0 Å². The van der Waals surface area contributed by atoms with E-state index in [0.717, 1.165) is 50.4 Å². The quantitative estimate of drug-likeness (QED) is 0.0374. The molecule has 0 saturated carbocycles. The Hall–Kier alpha value is -1.69. The van der Waals surface area contributed by atoms with Gasteiger partial charge in [0.1, 0.15) is 0 Å². The lowest BCUT2D eigenvalue weighted by atomic mass is 9.90. The van der Waals surface area contributed by atoms with Crippen LogP contribution in [0.1, 0.15) is 329 Å². The predicted octanol–water partition coefficient (Wildman–Crippen LogP) is 22.8. The van der Waals surface area contributed by atoms with Crippen molar-refractivity contribution in [2.24, 2.45) is 11.8 Å². The summed E-state index contributed by atoms with van der Waals surface area (Å²) in [6.45, 7) is 6.97. The van der Waals surface area contributed by atoms with Gasteiger partial charge in [-0.3, -0.25) is 9.59 Å². The number of halogens is 1. The normalized spacial score (nSPS) is 12.7. The van der Waals surface area contributed by atoms with E-state index in [-0.39, 0.29) is 12.7 Å². The Morgan fingerprint density at radius 2 is 0.613 bits per heavy atom. The van der Waals surface area contributed by atoms with Gasteiger partial charge in [0.2, 0.25) is 5.24 Å². The largest absolute Gasteiger partial charge is 0.481 e. The molecule has 0 aliphatic heterocycles. The van der Waals surface area contributed by atoms with Crippen LogP contribution in [-0.4, -0.2) is 67.4 Å². The van der Waals surface area contributed by atoms with Crippen molar-refractivity contribution >= 4 is 22.8 Å². The van der Waals surface area contributed by atoms with Gasteiger partial charge in [0, 0.05) is 12.8 Å². The molecule has 0 aliphatic rings. The lowest BCUT2D eigenvalue weighted by Gasteiger charge is -2.18. The summed E-state index contributed by atoms with van der Waals surface area (Å²) < 4.78 is 0. The van der Waals surface area contributed by atoms with Gasteiger partial charge in [-0.25, -0.2) is 0 Å². The third-order valence-corrected chi connectivity index (χ3v) is 15.2. The Morgan fingerprint density at radius 3 is 0.893 bits per heavy atom. The van der Waals surface area contributed by atoms with Crippen LogP contribution in [0.5, 0.6) is 0 Å². The first kappa shape index (κ1) is 77.5. The monoisotopic (exact) mass is 1070 g/mol. The molecule has 0 spiro atoms. The minimum atomic E-state index is -0.652. The Bertz CT molecular complexity index is 1150. The summed E-state index contributed by atoms with van der Waals surface area (Å²) in [4.78, 5) is 26.0. The standard InChI is InChI=1S/C34H64ClNO.C34H65NO2.CH4/c1-4-5-6-7-8-9-10-11-12-13-14-15-16-17-18-21-24-28-33(30-27-32-36(2)3)29-25-22-19-20-23-26-31-34(35)37;1-4-5-6-7-8-9-10-11-12-13-14-15-16-17-18-21-24-28-33(30-27-32-35(2)3)29-25-22-19-20-23-26-31-34(36)37;/h8-9,11-12,33H,4-7,10,13-32H2,1-3H3;8-9,11-12,33H,4-7,10,13-32H2,1-3H3,(H,36,37);1H4/b2*9-8-,12-11-;. The maximum atomic E-state index is 10.8. The molecule has 0 amide bonds. The fraction of sp³-hybridized carbons (Fsp3) is 0.855. The molecule has 0 saturated heterocycles. The Labute approximate surface area is 476 Å². The van der Waals surface area contributed by atoms with Gasteiger partial charge < -0.3 is 14.9 Å². The molecule has 6 heteroatoms. The van der Waals surface area contributed by atoms with Gasteiger partial charge in [0.05, 0.1) is 0 Å². The first-order valence-electron chi connectivity index (χ1n) is 32.4. The van der Waals surface area contributed by atoms with Gasteiger partial charge in [0.25, 0.3) is 0 Å². The van der Waals surface area contributed by atoms with Crippen molar-refractivity contribution in [1.29, 1.82) is 0 Å². The fourth-order valence-corrected chi connectivity index (χ4v) is 10.4. The number of unbranched alkanes of at least 4 members (excludes halogenated alkanes) is 30. The van der Waals surface area contributed by atoms with Gasteiger partial charge in [-0.05, 0) is 167 Å². The number of hydrogen-bond acceptors (Lipinski definition) is 4.